The van der Waals surface area contributed by atoms with E-state index in [9.17, 15) is 0 Å². The van der Waals surface area contributed by atoms with Crippen molar-refractivity contribution in [2.45, 2.75) is 32.7 Å². The second-order valence-electron chi connectivity index (χ2n) is 5.62. The van der Waals surface area contributed by atoms with Crippen molar-refractivity contribution in [1.29, 1.82) is 0 Å². The highest BCUT2D eigenvalue weighted by Gasteiger charge is 2.15. The van der Waals surface area contributed by atoms with E-state index in [1.165, 1.54) is 14.9 Å². The zero-order chi connectivity index (χ0) is 15.2. The third kappa shape index (κ3) is 5.41. The monoisotopic (exact) mass is 385 g/mol. The Morgan fingerprint density at radius 2 is 1.95 bits per heavy atom. The molecule has 0 saturated heterocycles. The molecule has 1 N–H and O–H groups in total. The lowest BCUT2D eigenvalue weighted by atomic mass is 9.95. The number of hydrogen-bond donors (Lipinski definition) is 1. The van der Waals surface area contributed by atoms with Crippen LogP contribution in [0.2, 0.25) is 5.02 Å². The van der Waals surface area contributed by atoms with Gasteiger partial charge in [0.2, 0.25) is 0 Å². The van der Waals surface area contributed by atoms with Crippen molar-refractivity contribution in [1.82, 2.24) is 5.32 Å². The maximum atomic E-state index is 6.32. The Morgan fingerprint density at radius 3 is 2.57 bits per heavy atom. The number of hydrogen-bond acceptors (Lipinski definition) is 2. The number of thiophene rings is 1. The topological polar surface area (TPSA) is 12.0 Å². The fourth-order valence-electron chi connectivity index (χ4n) is 2.33. The predicted octanol–water partition coefficient (Wildman–Crippen LogP) is 5.56. The quantitative estimate of drug-likeness (QED) is 0.656. The van der Waals surface area contributed by atoms with Gasteiger partial charge in [0.05, 0.1) is 0 Å². The third-order valence-electron chi connectivity index (χ3n) is 3.45. The summed E-state index contributed by atoms with van der Waals surface area (Å²) in [4.78, 5) is 1.41. The van der Waals surface area contributed by atoms with Gasteiger partial charge in [0, 0.05) is 20.4 Å². The molecule has 0 bridgehead atoms. The van der Waals surface area contributed by atoms with Crippen molar-refractivity contribution in [2.24, 2.45) is 5.92 Å². The molecule has 2 aromatic rings. The molecule has 0 radical (unpaired) electrons. The highest BCUT2D eigenvalue weighted by molar-refractivity contribution is 9.10. The SMILES string of the molecule is CC(C)NCC(Cc1ccccc1Cl)Cc1sccc1Br. The summed E-state index contributed by atoms with van der Waals surface area (Å²) in [6.45, 7) is 5.38. The van der Waals surface area contributed by atoms with E-state index in [4.69, 9.17) is 11.6 Å². The largest absolute Gasteiger partial charge is 0.314 e. The van der Waals surface area contributed by atoms with Crippen LogP contribution in [0, 0.1) is 5.92 Å². The van der Waals surface area contributed by atoms with Gasteiger partial charge in [-0.15, -0.1) is 11.3 Å². The zero-order valence-corrected chi connectivity index (χ0v) is 15.6. The summed E-state index contributed by atoms with van der Waals surface area (Å²) < 4.78 is 1.22. The van der Waals surface area contributed by atoms with Crippen LogP contribution in [0.25, 0.3) is 0 Å². The number of rotatable bonds is 7. The minimum atomic E-state index is 0.505. The van der Waals surface area contributed by atoms with Crippen LogP contribution in [0.4, 0.5) is 0 Å². The van der Waals surface area contributed by atoms with Crippen LogP contribution in [-0.4, -0.2) is 12.6 Å². The smallest absolute Gasteiger partial charge is 0.0438 e. The van der Waals surface area contributed by atoms with Crippen molar-refractivity contribution in [3.63, 3.8) is 0 Å². The van der Waals surface area contributed by atoms with Gasteiger partial charge in [-0.1, -0.05) is 43.6 Å². The summed E-state index contributed by atoms with van der Waals surface area (Å²) in [5.41, 5.74) is 1.24. The first kappa shape index (κ1) is 17.0. The summed E-state index contributed by atoms with van der Waals surface area (Å²) in [5.74, 6) is 0.544. The summed E-state index contributed by atoms with van der Waals surface area (Å²) >= 11 is 11.8. The molecule has 0 fully saturated rings. The molecule has 21 heavy (non-hydrogen) atoms. The first-order chi connectivity index (χ1) is 10.1. The molecule has 0 amide bonds. The molecular weight excluding hydrogens is 366 g/mol. The average Bonchev–Trinajstić information content (AvgIpc) is 2.84. The van der Waals surface area contributed by atoms with Gasteiger partial charge in [0.25, 0.3) is 0 Å². The Kier molecular flexibility index (Phi) is 6.74. The summed E-state index contributed by atoms with van der Waals surface area (Å²) in [6, 6.07) is 10.8. The Bertz CT molecular complexity index is 567. The minimum absolute atomic E-state index is 0.505. The number of benzene rings is 1. The highest BCUT2D eigenvalue weighted by Crippen LogP contribution is 2.28. The summed E-state index contributed by atoms with van der Waals surface area (Å²) in [7, 11) is 0. The molecule has 1 heterocycles. The molecule has 1 nitrogen and oxygen atoms in total. The van der Waals surface area contributed by atoms with Gasteiger partial charge in [0.15, 0.2) is 0 Å². The van der Waals surface area contributed by atoms with E-state index in [-0.39, 0.29) is 0 Å². The van der Waals surface area contributed by atoms with Gasteiger partial charge in [-0.05, 0) is 64.3 Å². The van der Waals surface area contributed by atoms with Crippen molar-refractivity contribution in [3.8, 4) is 0 Å². The van der Waals surface area contributed by atoms with E-state index in [0.29, 0.717) is 12.0 Å². The molecule has 2 rings (SSSR count). The summed E-state index contributed by atoms with van der Waals surface area (Å²) in [5, 5.41) is 6.58. The lowest BCUT2D eigenvalue weighted by Gasteiger charge is -2.20. The lowest BCUT2D eigenvalue weighted by Crippen LogP contribution is -2.31. The third-order valence-corrected chi connectivity index (χ3v) is 5.76. The molecular formula is C17H21BrClNS. The van der Waals surface area contributed by atoms with Crippen molar-refractivity contribution >= 4 is 38.9 Å². The van der Waals surface area contributed by atoms with E-state index in [1.54, 1.807) is 0 Å². The Morgan fingerprint density at radius 1 is 1.19 bits per heavy atom. The van der Waals surface area contributed by atoms with Crippen molar-refractivity contribution in [2.75, 3.05) is 6.54 Å². The van der Waals surface area contributed by atoms with E-state index >= 15 is 0 Å². The maximum absolute atomic E-state index is 6.32. The lowest BCUT2D eigenvalue weighted by molar-refractivity contribution is 0.446. The van der Waals surface area contributed by atoms with Gasteiger partial charge in [-0.2, -0.15) is 0 Å². The number of halogens is 2. The molecule has 0 aliphatic carbocycles. The van der Waals surface area contributed by atoms with Crippen molar-refractivity contribution < 1.29 is 0 Å². The normalized spacial score (nSPS) is 12.8. The van der Waals surface area contributed by atoms with Crippen LogP contribution in [0.15, 0.2) is 40.2 Å². The highest BCUT2D eigenvalue weighted by atomic mass is 79.9. The fraction of sp³-hybridized carbons (Fsp3) is 0.412. The van der Waals surface area contributed by atoms with Gasteiger partial charge in [-0.25, -0.2) is 0 Å². The summed E-state index contributed by atoms with van der Waals surface area (Å²) in [6.07, 6.45) is 2.08. The van der Waals surface area contributed by atoms with E-state index in [1.807, 2.05) is 23.5 Å². The zero-order valence-electron chi connectivity index (χ0n) is 12.4. The first-order valence-corrected chi connectivity index (χ1v) is 9.30. The predicted molar refractivity (Wildman–Crippen MR) is 97.5 cm³/mol. The maximum Gasteiger partial charge on any atom is 0.0438 e. The molecule has 0 saturated carbocycles. The average molecular weight is 387 g/mol. The van der Waals surface area contributed by atoms with E-state index in [2.05, 4.69) is 58.7 Å². The van der Waals surface area contributed by atoms with E-state index in [0.717, 1.165) is 24.4 Å². The Labute approximate surface area is 144 Å². The van der Waals surface area contributed by atoms with Gasteiger partial charge < -0.3 is 5.32 Å². The van der Waals surface area contributed by atoms with Crippen LogP contribution >= 0.6 is 38.9 Å². The van der Waals surface area contributed by atoms with Crippen LogP contribution in [0.5, 0.6) is 0 Å². The second kappa shape index (κ2) is 8.33. The van der Waals surface area contributed by atoms with Crippen LogP contribution in [-0.2, 0) is 12.8 Å². The molecule has 0 spiro atoms. The van der Waals surface area contributed by atoms with Crippen LogP contribution in [0.1, 0.15) is 24.3 Å². The Balaban J connectivity index is 2.08. The standard InChI is InChI=1S/C17H21BrClNS/c1-12(2)20-11-13(10-17-15(18)7-8-21-17)9-14-5-3-4-6-16(14)19/h3-8,12-13,20H,9-11H2,1-2H3. The molecule has 1 unspecified atom stereocenters. The van der Waals surface area contributed by atoms with Crippen LogP contribution in [0.3, 0.4) is 0 Å². The van der Waals surface area contributed by atoms with Gasteiger partial charge in [-0.3, -0.25) is 0 Å². The Hall–Kier alpha value is -0.350. The molecule has 114 valence electrons. The fourth-order valence-corrected chi connectivity index (χ4v) is 4.17. The van der Waals surface area contributed by atoms with Crippen LogP contribution < -0.4 is 5.32 Å². The molecule has 0 aliphatic rings. The molecule has 4 heteroatoms. The molecule has 1 aromatic heterocycles. The second-order valence-corrected chi connectivity index (χ2v) is 7.88. The van der Waals surface area contributed by atoms with Crippen molar-refractivity contribution in [3.05, 3.63) is 55.6 Å². The van der Waals surface area contributed by atoms with Gasteiger partial charge in [0.1, 0.15) is 0 Å². The minimum Gasteiger partial charge on any atom is -0.314 e. The molecule has 1 atom stereocenters. The first-order valence-electron chi connectivity index (χ1n) is 7.25. The van der Waals surface area contributed by atoms with E-state index < -0.39 is 0 Å². The number of nitrogens with one attached hydrogen (secondary N) is 1. The molecule has 1 aromatic carbocycles. The molecule has 0 aliphatic heterocycles. The van der Waals surface area contributed by atoms with Gasteiger partial charge >= 0.3 is 0 Å².